The number of aromatic nitrogens is 4. The molecule has 0 fully saturated rings. The van der Waals surface area contributed by atoms with Crippen LogP contribution in [0, 0.1) is 11.2 Å². The SMILES string of the molecule is CNc1cc(-c2ccc3ncnc(N4CCc5cc(F)c(Cl)cc54)c3n2)cnc1C=N. The highest BCUT2D eigenvalue weighted by Gasteiger charge is 2.25. The highest BCUT2D eigenvalue weighted by Crippen LogP contribution is 2.38. The highest BCUT2D eigenvalue weighted by atomic mass is 35.5. The highest BCUT2D eigenvalue weighted by molar-refractivity contribution is 6.31. The van der Waals surface area contributed by atoms with Gasteiger partial charge in [0, 0.05) is 37.3 Å². The molecule has 0 amide bonds. The first-order valence-corrected chi connectivity index (χ1v) is 10.0. The number of hydrogen-bond acceptors (Lipinski definition) is 7. The average molecular weight is 434 g/mol. The Morgan fingerprint density at radius 3 is 2.87 bits per heavy atom. The minimum absolute atomic E-state index is 0.0783. The van der Waals surface area contributed by atoms with Crippen LogP contribution in [0.1, 0.15) is 11.3 Å². The van der Waals surface area contributed by atoms with Crippen molar-refractivity contribution in [2.24, 2.45) is 0 Å². The van der Waals surface area contributed by atoms with Crippen molar-refractivity contribution in [3.63, 3.8) is 0 Å². The monoisotopic (exact) mass is 433 g/mol. The normalized spacial score (nSPS) is 12.8. The number of halogens is 2. The first-order chi connectivity index (χ1) is 15.1. The second kappa shape index (κ2) is 7.55. The van der Waals surface area contributed by atoms with Crippen molar-refractivity contribution in [2.45, 2.75) is 6.42 Å². The van der Waals surface area contributed by atoms with Gasteiger partial charge in [-0.3, -0.25) is 4.98 Å². The van der Waals surface area contributed by atoms with Crippen molar-refractivity contribution in [3.8, 4) is 11.3 Å². The summed E-state index contributed by atoms with van der Waals surface area (Å²) in [6, 6.07) is 8.79. The third kappa shape index (κ3) is 3.25. The zero-order valence-corrected chi connectivity index (χ0v) is 17.3. The number of hydrogen-bond donors (Lipinski definition) is 2. The van der Waals surface area contributed by atoms with Crippen LogP contribution < -0.4 is 10.2 Å². The third-order valence-electron chi connectivity index (χ3n) is 5.36. The molecule has 0 saturated heterocycles. The Hall–Kier alpha value is -3.65. The molecule has 0 saturated carbocycles. The fourth-order valence-corrected chi connectivity index (χ4v) is 3.98. The van der Waals surface area contributed by atoms with Crippen molar-refractivity contribution in [1.29, 1.82) is 5.41 Å². The van der Waals surface area contributed by atoms with Crippen LogP contribution in [0.3, 0.4) is 0 Å². The molecule has 0 radical (unpaired) electrons. The predicted molar refractivity (Wildman–Crippen MR) is 120 cm³/mol. The summed E-state index contributed by atoms with van der Waals surface area (Å²) < 4.78 is 13.9. The number of benzene rings is 1. The van der Waals surface area contributed by atoms with E-state index < -0.39 is 5.82 Å². The number of nitrogens with one attached hydrogen (secondary N) is 2. The molecule has 0 bridgehead atoms. The lowest BCUT2D eigenvalue weighted by Gasteiger charge is -2.20. The number of rotatable bonds is 4. The fraction of sp³-hybridized carbons (Fsp3) is 0.136. The third-order valence-corrected chi connectivity index (χ3v) is 5.65. The zero-order valence-electron chi connectivity index (χ0n) is 16.5. The van der Waals surface area contributed by atoms with E-state index in [0.29, 0.717) is 41.2 Å². The van der Waals surface area contributed by atoms with E-state index >= 15 is 0 Å². The van der Waals surface area contributed by atoms with Crippen LogP contribution in [0.15, 0.2) is 42.9 Å². The summed E-state index contributed by atoms with van der Waals surface area (Å²) in [5, 5.41) is 10.6. The van der Waals surface area contributed by atoms with Crippen molar-refractivity contribution < 1.29 is 4.39 Å². The lowest BCUT2D eigenvalue weighted by molar-refractivity contribution is 0.627. The molecule has 154 valence electrons. The first-order valence-electron chi connectivity index (χ1n) is 9.65. The minimum atomic E-state index is -0.420. The maximum absolute atomic E-state index is 13.9. The quantitative estimate of drug-likeness (QED) is 0.456. The smallest absolute Gasteiger partial charge is 0.163 e. The van der Waals surface area contributed by atoms with E-state index in [1.54, 1.807) is 19.3 Å². The Labute approximate surface area is 182 Å². The molecule has 7 nitrogen and oxygen atoms in total. The van der Waals surface area contributed by atoms with Gasteiger partial charge in [-0.05, 0) is 42.3 Å². The molecule has 2 N–H and O–H groups in total. The molecule has 1 aliphatic heterocycles. The van der Waals surface area contributed by atoms with E-state index in [1.807, 2.05) is 23.1 Å². The van der Waals surface area contributed by atoms with Gasteiger partial charge in [0.25, 0.3) is 0 Å². The van der Waals surface area contributed by atoms with Crippen molar-refractivity contribution in [1.82, 2.24) is 19.9 Å². The summed E-state index contributed by atoms with van der Waals surface area (Å²) in [5.41, 5.74) is 5.85. The van der Waals surface area contributed by atoms with Crippen molar-refractivity contribution in [3.05, 3.63) is 65.0 Å². The van der Waals surface area contributed by atoms with E-state index in [0.717, 1.165) is 22.5 Å². The van der Waals surface area contributed by atoms with E-state index in [9.17, 15) is 4.39 Å². The van der Waals surface area contributed by atoms with Crippen LogP contribution in [-0.4, -0.2) is 39.7 Å². The maximum Gasteiger partial charge on any atom is 0.163 e. The van der Waals surface area contributed by atoms with Gasteiger partial charge < -0.3 is 15.6 Å². The molecule has 0 atom stereocenters. The molecular formula is C22H17ClFN7. The Bertz CT molecular complexity index is 1340. The molecular weight excluding hydrogens is 417 g/mol. The Morgan fingerprint density at radius 1 is 1.19 bits per heavy atom. The number of nitrogens with zero attached hydrogens (tertiary/aromatic N) is 5. The molecule has 1 aromatic carbocycles. The van der Waals surface area contributed by atoms with Gasteiger partial charge >= 0.3 is 0 Å². The topological polar surface area (TPSA) is 90.7 Å². The standard InChI is InChI=1S/C22H17ClFN7/c1-26-18-7-13(10-27-19(18)9-25)16-2-3-17-21(30-16)22(29-11-28-17)31-5-4-12-6-15(24)14(23)8-20(12)31/h2-3,6-11,25-26H,4-5H2,1H3. The van der Waals surface area contributed by atoms with Gasteiger partial charge in [-0.25, -0.2) is 19.3 Å². The summed E-state index contributed by atoms with van der Waals surface area (Å²) in [6.07, 6.45) is 5.08. The molecule has 4 heterocycles. The molecule has 0 unspecified atom stereocenters. The summed E-state index contributed by atoms with van der Waals surface area (Å²) in [7, 11) is 1.78. The Balaban J connectivity index is 1.64. The molecule has 5 rings (SSSR count). The average Bonchev–Trinajstić information content (AvgIpc) is 3.20. The van der Waals surface area contributed by atoms with Gasteiger partial charge in [-0.15, -0.1) is 0 Å². The van der Waals surface area contributed by atoms with Gasteiger partial charge in [0.2, 0.25) is 0 Å². The zero-order chi connectivity index (χ0) is 21.5. The van der Waals surface area contributed by atoms with Crippen LogP contribution in [0.4, 0.5) is 21.6 Å². The Kier molecular flexibility index (Phi) is 4.71. The fourth-order valence-electron chi connectivity index (χ4n) is 3.82. The lowest BCUT2D eigenvalue weighted by atomic mass is 10.1. The predicted octanol–water partition coefficient (Wildman–Crippen LogP) is 4.61. The van der Waals surface area contributed by atoms with Gasteiger partial charge in [-0.2, -0.15) is 0 Å². The van der Waals surface area contributed by atoms with Crippen LogP contribution in [-0.2, 0) is 6.42 Å². The van der Waals surface area contributed by atoms with Crippen molar-refractivity contribution in [2.75, 3.05) is 23.8 Å². The molecule has 9 heteroatoms. The van der Waals surface area contributed by atoms with Crippen LogP contribution in [0.25, 0.3) is 22.3 Å². The second-order valence-electron chi connectivity index (χ2n) is 7.11. The van der Waals surface area contributed by atoms with Gasteiger partial charge in [0.05, 0.1) is 21.9 Å². The van der Waals surface area contributed by atoms with Gasteiger partial charge in [0.1, 0.15) is 23.4 Å². The molecule has 0 spiro atoms. The first kappa shape index (κ1) is 19.3. The Morgan fingerprint density at radius 2 is 2.06 bits per heavy atom. The van der Waals surface area contributed by atoms with E-state index in [4.69, 9.17) is 22.0 Å². The second-order valence-corrected chi connectivity index (χ2v) is 7.52. The number of fused-ring (bicyclic) bond motifs is 2. The lowest BCUT2D eigenvalue weighted by Crippen LogP contribution is -2.16. The van der Waals surface area contributed by atoms with E-state index in [1.165, 1.54) is 18.6 Å². The number of pyridine rings is 2. The molecule has 3 aromatic heterocycles. The van der Waals surface area contributed by atoms with Crippen LogP contribution in [0.2, 0.25) is 5.02 Å². The minimum Gasteiger partial charge on any atom is -0.386 e. The summed E-state index contributed by atoms with van der Waals surface area (Å²) in [6.45, 7) is 0.645. The summed E-state index contributed by atoms with van der Waals surface area (Å²) in [5.74, 6) is 0.225. The summed E-state index contributed by atoms with van der Waals surface area (Å²) >= 11 is 6.04. The maximum atomic E-state index is 13.9. The molecule has 31 heavy (non-hydrogen) atoms. The molecule has 1 aliphatic rings. The van der Waals surface area contributed by atoms with Gasteiger partial charge in [-0.1, -0.05) is 11.6 Å². The summed E-state index contributed by atoms with van der Waals surface area (Å²) in [4.78, 5) is 20.0. The van der Waals surface area contributed by atoms with Crippen molar-refractivity contribution >= 4 is 46.0 Å². The van der Waals surface area contributed by atoms with E-state index in [2.05, 4.69) is 20.3 Å². The molecule has 0 aliphatic carbocycles. The molecule has 4 aromatic rings. The van der Waals surface area contributed by atoms with E-state index in [-0.39, 0.29) is 5.02 Å². The largest absolute Gasteiger partial charge is 0.386 e. The van der Waals surface area contributed by atoms with Gasteiger partial charge in [0.15, 0.2) is 5.82 Å². The van der Waals surface area contributed by atoms with Crippen LogP contribution >= 0.6 is 11.6 Å². The number of anilines is 3. The van der Waals surface area contributed by atoms with Crippen LogP contribution in [0.5, 0.6) is 0 Å².